The van der Waals surface area contributed by atoms with E-state index in [2.05, 4.69) is 13.8 Å². The van der Waals surface area contributed by atoms with Crippen LogP contribution in [0.1, 0.15) is 30.9 Å². The number of para-hydroxylation sites is 1. The van der Waals surface area contributed by atoms with Crippen molar-refractivity contribution in [2.24, 2.45) is 0 Å². The zero-order valence-electron chi connectivity index (χ0n) is 19.9. The summed E-state index contributed by atoms with van der Waals surface area (Å²) in [7, 11) is 0. The van der Waals surface area contributed by atoms with Gasteiger partial charge in [0.2, 0.25) is 11.2 Å². The average molecular weight is 477 g/mol. The van der Waals surface area contributed by atoms with E-state index in [4.69, 9.17) is 13.9 Å². The third kappa shape index (κ3) is 4.77. The molecule has 0 radical (unpaired) electrons. The lowest BCUT2D eigenvalue weighted by atomic mass is 10.0. The first kappa shape index (κ1) is 23.1. The minimum absolute atomic E-state index is 0.0957. The van der Waals surface area contributed by atoms with E-state index >= 15 is 0 Å². The summed E-state index contributed by atoms with van der Waals surface area (Å²) in [6.07, 6.45) is 4.39. The second kappa shape index (κ2) is 9.92. The molecule has 1 heterocycles. The van der Waals surface area contributed by atoms with Crippen LogP contribution in [0.15, 0.2) is 106 Å². The molecule has 0 N–H and O–H groups in total. The van der Waals surface area contributed by atoms with Gasteiger partial charge in [-0.2, -0.15) is 0 Å². The highest BCUT2D eigenvalue weighted by Crippen LogP contribution is 2.30. The van der Waals surface area contributed by atoms with E-state index in [0.717, 1.165) is 21.9 Å². The quantitative estimate of drug-likeness (QED) is 0.144. The van der Waals surface area contributed by atoms with Gasteiger partial charge in [-0.3, -0.25) is 4.79 Å². The Morgan fingerprint density at radius 1 is 0.861 bits per heavy atom. The SMILES string of the molecule is CC(C)c1ccccc1Oc1coc2cc(OC(=O)C=Cc3cccc4ccccc34)ccc2c1=O. The highest BCUT2D eigenvalue weighted by Gasteiger charge is 2.14. The minimum atomic E-state index is -0.533. The summed E-state index contributed by atoms with van der Waals surface area (Å²) in [6.45, 7) is 4.12. The van der Waals surface area contributed by atoms with Gasteiger partial charge in [0, 0.05) is 12.1 Å². The lowest BCUT2D eigenvalue weighted by Gasteiger charge is -2.13. The van der Waals surface area contributed by atoms with Crippen LogP contribution in [0.5, 0.6) is 17.2 Å². The molecule has 0 unspecified atom stereocenters. The average Bonchev–Trinajstić information content (AvgIpc) is 2.89. The molecule has 0 atom stereocenters. The lowest BCUT2D eigenvalue weighted by Crippen LogP contribution is -2.07. The molecule has 5 nitrogen and oxygen atoms in total. The Morgan fingerprint density at radius 3 is 2.50 bits per heavy atom. The van der Waals surface area contributed by atoms with Crippen molar-refractivity contribution in [2.75, 3.05) is 0 Å². The summed E-state index contributed by atoms with van der Waals surface area (Å²) >= 11 is 0. The maximum atomic E-state index is 13.0. The zero-order chi connectivity index (χ0) is 25.1. The number of fused-ring (bicyclic) bond motifs is 2. The molecule has 0 fully saturated rings. The molecule has 0 saturated carbocycles. The molecule has 0 aliphatic heterocycles. The van der Waals surface area contributed by atoms with Crippen LogP contribution < -0.4 is 14.9 Å². The molecule has 0 saturated heterocycles. The summed E-state index contributed by atoms with van der Waals surface area (Å²) in [6, 6.07) is 26.1. The van der Waals surface area contributed by atoms with Crippen molar-refractivity contribution in [3.63, 3.8) is 0 Å². The molecule has 5 heteroatoms. The summed E-state index contributed by atoms with van der Waals surface area (Å²) < 4.78 is 17.0. The van der Waals surface area contributed by atoms with Gasteiger partial charge in [0.15, 0.2) is 0 Å². The van der Waals surface area contributed by atoms with Crippen LogP contribution in [-0.2, 0) is 4.79 Å². The Bertz CT molecular complexity index is 1650. The Morgan fingerprint density at radius 2 is 1.64 bits per heavy atom. The molecule has 4 aromatic carbocycles. The first-order valence-electron chi connectivity index (χ1n) is 11.7. The zero-order valence-corrected chi connectivity index (χ0v) is 19.9. The molecule has 5 aromatic rings. The molecule has 0 amide bonds. The third-order valence-corrected chi connectivity index (χ3v) is 5.92. The van der Waals surface area contributed by atoms with Crippen LogP contribution in [0, 0.1) is 0 Å². The predicted octanol–water partition coefficient (Wildman–Crippen LogP) is 7.48. The fraction of sp³-hybridized carbons (Fsp3) is 0.0968. The first-order valence-corrected chi connectivity index (χ1v) is 11.7. The van der Waals surface area contributed by atoms with Crippen molar-refractivity contribution in [2.45, 2.75) is 19.8 Å². The van der Waals surface area contributed by atoms with E-state index in [1.807, 2.05) is 66.7 Å². The first-order chi connectivity index (χ1) is 17.5. The number of carbonyl (C=O) groups is 1. The number of benzene rings is 4. The van der Waals surface area contributed by atoms with E-state index < -0.39 is 5.97 Å². The maximum Gasteiger partial charge on any atom is 0.336 e. The number of carbonyl (C=O) groups excluding carboxylic acids is 1. The Balaban J connectivity index is 1.35. The van der Waals surface area contributed by atoms with Gasteiger partial charge in [-0.1, -0.05) is 74.5 Å². The van der Waals surface area contributed by atoms with Gasteiger partial charge in [0.1, 0.15) is 23.3 Å². The van der Waals surface area contributed by atoms with Crippen LogP contribution in [0.25, 0.3) is 27.8 Å². The fourth-order valence-electron chi connectivity index (χ4n) is 4.10. The molecule has 0 bridgehead atoms. The standard InChI is InChI=1S/C31H24O5/c1-20(2)24-11-5-6-13-27(24)36-29-19-34-28-18-23(15-16-26(28)31(29)33)35-30(32)17-14-22-10-7-9-21-8-3-4-12-25(21)22/h3-20H,1-2H3. The van der Waals surface area contributed by atoms with Gasteiger partial charge in [-0.25, -0.2) is 4.79 Å². The van der Waals surface area contributed by atoms with Crippen LogP contribution in [-0.4, -0.2) is 5.97 Å². The summed E-state index contributed by atoms with van der Waals surface area (Å²) in [5.74, 6) is 0.688. The van der Waals surface area contributed by atoms with Crippen molar-refractivity contribution in [1.82, 2.24) is 0 Å². The smallest absolute Gasteiger partial charge is 0.336 e. The van der Waals surface area contributed by atoms with Crippen LogP contribution in [0.3, 0.4) is 0 Å². The topological polar surface area (TPSA) is 65.7 Å². The molecule has 1 aromatic heterocycles. The van der Waals surface area contributed by atoms with Crippen molar-refractivity contribution in [3.8, 4) is 17.2 Å². The Kier molecular flexibility index (Phi) is 6.37. The summed E-state index contributed by atoms with van der Waals surface area (Å²) in [5.41, 5.74) is 1.91. The second-order valence-electron chi connectivity index (χ2n) is 8.70. The normalized spacial score (nSPS) is 11.4. The minimum Gasteiger partial charge on any atom is -0.460 e. The molecule has 0 spiro atoms. The number of esters is 1. The highest BCUT2D eigenvalue weighted by atomic mass is 16.5. The van der Waals surface area contributed by atoms with E-state index in [9.17, 15) is 9.59 Å². The second-order valence-corrected chi connectivity index (χ2v) is 8.70. The van der Waals surface area contributed by atoms with Crippen molar-refractivity contribution in [3.05, 3.63) is 119 Å². The Labute approximate surface area is 208 Å². The van der Waals surface area contributed by atoms with Gasteiger partial charge in [-0.15, -0.1) is 0 Å². The number of hydrogen-bond acceptors (Lipinski definition) is 5. The third-order valence-electron chi connectivity index (χ3n) is 5.92. The molecular formula is C31H24O5. The van der Waals surface area contributed by atoms with Gasteiger partial charge >= 0.3 is 5.97 Å². The van der Waals surface area contributed by atoms with E-state index in [-0.39, 0.29) is 22.8 Å². The molecule has 36 heavy (non-hydrogen) atoms. The van der Waals surface area contributed by atoms with Gasteiger partial charge < -0.3 is 13.9 Å². The van der Waals surface area contributed by atoms with Crippen molar-refractivity contribution < 1.29 is 18.7 Å². The summed E-state index contributed by atoms with van der Waals surface area (Å²) in [4.78, 5) is 25.5. The molecule has 0 aliphatic rings. The molecular weight excluding hydrogens is 452 g/mol. The number of rotatable bonds is 6. The number of ether oxygens (including phenoxy) is 2. The van der Waals surface area contributed by atoms with Crippen molar-refractivity contribution in [1.29, 1.82) is 0 Å². The van der Waals surface area contributed by atoms with Crippen LogP contribution >= 0.6 is 0 Å². The maximum absolute atomic E-state index is 13.0. The van der Waals surface area contributed by atoms with E-state index in [1.165, 1.54) is 18.4 Å². The Hall–Kier alpha value is -4.64. The van der Waals surface area contributed by atoms with E-state index in [1.54, 1.807) is 18.2 Å². The van der Waals surface area contributed by atoms with Gasteiger partial charge in [0.05, 0.1) is 5.39 Å². The van der Waals surface area contributed by atoms with Crippen LogP contribution in [0.4, 0.5) is 0 Å². The summed E-state index contributed by atoms with van der Waals surface area (Å²) in [5, 5.41) is 2.47. The number of hydrogen-bond donors (Lipinski definition) is 0. The molecule has 0 aliphatic carbocycles. The molecule has 5 rings (SSSR count). The molecule has 178 valence electrons. The van der Waals surface area contributed by atoms with Crippen molar-refractivity contribution >= 4 is 33.8 Å². The van der Waals surface area contributed by atoms with Gasteiger partial charge in [-0.05, 0) is 52.1 Å². The van der Waals surface area contributed by atoms with E-state index in [0.29, 0.717) is 16.7 Å². The lowest BCUT2D eigenvalue weighted by molar-refractivity contribution is -0.128. The largest absolute Gasteiger partial charge is 0.460 e. The monoisotopic (exact) mass is 476 g/mol. The van der Waals surface area contributed by atoms with Gasteiger partial charge in [0.25, 0.3) is 0 Å². The predicted molar refractivity (Wildman–Crippen MR) is 142 cm³/mol. The highest BCUT2D eigenvalue weighted by molar-refractivity contribution is 5.95. The fourth-order valence-corrected chi connectivity index (χ4v) is 4.10. The van der Waals surface area contributed by atoms with Crippen LogP contribution in [0.2, 0.25) is 0 Å².